The molecule has 2 aliphatic rings. The van der Waals surface area contributed by atoms with E-state index in [1.165, 1.54) is 0 Å². The Labute approximate surface area is 151 Å². The molecule has 1 saturated heterocycles. The van der Waals surface area contributed by atoms with Gasteiger partial charge >= 0.3 is 0 Å². The fraction of sp³-hybridized carbons (Fsp3) is 0.250. The van der Waals surface area contributed by atoms with Crippen LogP contribution >= 0.6 is 11.6 Å². The second-order valence-corrected chi connectivity index (χ2v) is 7.04. The Balaban J connectivity index is 1.72. The lowest BCUT2D eigenvalue weighted by atomic mass is 9.93. The number of nitrogens with zero attached hydrogens (tertiary/aromatic N) is 1. The van der Waals surface area contributed by atoms with Crippen LogP contribution in [0.3, 0.4) is 0 Å². The molecule has 2 aliphatic heterocycles. The number of nitrogens with one attached hydrogen (secondary N) is 1. The Morgan fingerprint density at radius 3 is 2.52 bits per heavy atom. The molecule has 0 aliphatic carbocycles. The van der Waals surface area contributed by atoms with E-state index in [4.69, 9.17) is 11.6 Å². The molecule has 0 radical (unpaired) electrons. The van der Waals surface area contributed by atoms with Crippen molar-refractivity contribution in [3.05, 3.63) is 81.6 Å². The predicted molar refractivity (Wildman–Crippen MR) is 97.2 cm³/mol. The second-order valence-electron chi connectivity index (χ2n) is 6.60. The largest absolute Gasteiger partial charge is 0.370 e. The first-order chi connectivity index (χ1) is 12.0. The summed E-state index contributed by atoms with van der Waals surface area (Å²) in [6.07, 6.45) is 0.264. The molecule has 0 spiro atoms. The molecule has 0 amide bonds. The van der Waals surface area contributed by atoms with Gasteiger partial charge in [0.15, 0.2) is 11.5 Å². The molecule has 5 heteroatoms. The number of fused-ring (bicyclic) bond motifs is 1. The van der Waals surface area contributed by atoms with Gasteiger partial charge in [0, 0.05) is 41.2 Å². The Bertz CT molecular complexity index is 858. The van der Waals surface area contributed by atoms with Gasteiger partial charge in [0.2, 0.25) is 0 Å². The predicted octanol–water partition coefficient (Wildman–Crippen LogP) is 3.20. The van der Waals surface area contributed by atoms with Crippen LogP contribution in [0.4, 0.5) is 0 Å². The summed E-state index contributed by atoms with van der Waals surface area (Å²) < 4.78 is 0. The number of ketones is 1. The molecule has 2 aromatic carbocycles. The zero-order chi connectivity index (χ0) is 17.6. The molecule has 0 saturated carbocycles. The van der Waals surface area contributed by atoms with Crippen LogP contribution in [-0.4, -0.2) is 28.9 Å². The smallest absolute Gasteiger partial charge is 0.192 e. The third kappa shape index (κ3) is 2.62. The third-order valence-electron chi connectivity index (χ3n) is 4.95. The molecular weight excluding hydrogens is 336 g/mol. The molecule has 128 valence electrons. The standard InChI is InChI=1S/C20H19ClN2O2/c1-13-2-6-15(7-3-13)20(25)12-17(19-22-10-11-23(19)20)18(24)14-4-8-16(21)9-5-14/h2-9,22,25H,10-12H2,1H3. The summed E-state index contributed by atoms with van der Waals surface area (Å²) in [7, 11) is 0. The topological polar surface area (TPSA) is 52.6 Å². The molecule has 4 nitrogen and oxygen atoms in total. The van der Waals surface area contributed by atoms with E-state index in [0.717, 1.165) is 16.9 Å². The molecule has 0 bridgehead atoms. The average molecular weight is 355 g/mol. The molecule has 4 rings (SSSR count). The Hall–Kier alpha value is -2.30. The minimum absolute atomic E-state index is 0.0749. The number of hydrogen-bond donors (Lipinski definition) is 2. The number of rotatable bonds is 3. The van der Waals surface area contributed by atoms with Gasteiger partial charge < -0.3 is 15.3 Å². The first-order valence-corrected chi connectivity index (χ1v) is 8.71. The SMILES string of the molecule is Cc1ccc(C2(O)CC(C(=O)c3ccc(Cl)cc3)=C3NCCN32)cc1. The highest BCUT2D eigenvalue weighted by molar-refractivity contribution is 6.30. The summed E-state index contributed by atoms with van der Waals surface area (Å²) in [5.41, 5.74) is 1.94. The van der Waals surface area contributed by atoms with Crippen molar-refractivity contribution in [2.45, 2.75) is 19.1 Å². The van der Waals surface area contributed by atoms with E-state index >= 15 is 0 Å². The van der Waals surface area contributed by atoms with Gasteiger partial charge in [0.1, 0.15) is 5.82 Å². The number of Topliss-reactive ketones (excluding diaryl/α,β-unsaturated/α-hetero) is 1. The number of aliphatic hydroxyl groups is 1. The van der Waals surface area contributed by atoms with Crippen molar-refractivity contribution < 1.29 is 9.90 Å². The summed E-state index contributed by atoms with van der Waals surface area (Å²) in [5, 5.41) is 15.3. The van der Waals surface area contributed by atoms with E-state index in [0.29, 0.717) is 29.2 Å². The molecule has 1 unspecified atom stereocenters. The van der Waals surface area contributed by atoms with E-state index in [1.54, 1.807) is 24.3 Å². The number of carbonyl (C=O) groups excluding carboxylic acids is 1. The highest BCUT2D eigenvalue weighted by Crippen LogP contribution is 2.44. The van der Waals surface area contributed by atoms with Crippen molar-refractivity contribution >= 4 is 17.4 Å². The Kier molecular flexibility index (Phi) is 3.82. The van der Waals surface area contributed by atoms with Crippen LogP contribution < -0.4 is 5.32 Å². The Morgan fingerprint density at radius 2 is 1.84 bits per heavy atom. The molecule has 1 atom stereocenters. The van der Waals surface area contributed by atoms with E-state index in [2.05, 4.69) is 5.32 Å². The maximum atomic E-state index is 13.0. The number of benzene rings is 2. The van der Waals surface area contributed by atoms with Crippen LogP contribution in [0.2, 0.25) is 5.02 Å². The lowest BCUT2D eigenvalue weighted by molar-refractivity contribution is -0.0744. The minimum atomic E-state index is -1.19. The quantitative estimate of drug-likeness (QED) is 0.831. The molecule has 2 N–H and O–H groups in total. The lowest BCUT2D eigenvalue weighted by Crippen LogP contribution is -2.40. The van der Waals surface area contributed by atoms with Crippen molar-refractivity contribution in [1.29, 1.82) is 0 Å². The van der Waals surface area contributed by atoms with Crippen LogP contribution in [0.1, 0.15) is 27.9 Å². The van der Waals surface area contributed by atoms with Gasteiger partial charge in [-0.15, -0.1) is 0 Å². The van der Waals surface area contributed by atoms with Gasteiger partial charge in [0.05, 0.1) is 0 Å². The zero-order valence-electron chi connectivity index (χ0n) is 13.9. The van der Waals surface area contributed by atoms with Crippen molar-refractivity contribution in [2.75, 3.05) is 13.1 Å². The van der Waals surface area contributed by atoms with E-state index in [1.807, 2.05) is 36.1 Å². The highest BCUT2D eigenvalue weighted by Gasteiger charge is 2.48. The monoisotopic (exact) mass is 354 g/mol. The van der Waals surface area contributed by atoms with Crippen LogP contribution in [0, 0.1) is 6.92 Å². The summed E-state index contributed by atoms with van der Waals surface area (Å²) in [6, 6.07) is 14.7. The van der Waals surface area contributed by atoms with Gasteiger partial charge in [-0.3, -0.25) is 4.79 Å². The second kappa shape index (κ2) is 5.90. The van der Waals surface area contributed by atoms with E-state index < -0.39 is 5.72 Å². The fourth-order valence-corrected chi connectivity index (χ4v) is 3.73. The van der Waals surface area contributed by atoms with Crippen LogP contribution in [-0.2, 0) is 5.72 Å². The van der Waals surface area contributed by atoms with E-state index in [9.17, 15) is 9.90 Å². The number of aryl methyl sites for hydroxylation is 1. The minimum Gasteiger partial charge on any atom is -0.370 e. The van der Waals surface area contributed by atoms with Crippen LogP contribution in [0.15, 0.2) is 59.9 Å². The summed E-state index contributed by atoms with van der Waals surface area (Å²) in [4.78, 5) is 14.9. The molecule has 2 aromatic rings. The van der Waals surface area contributed by atoms with E-state index in [-0.39, 0.29) is 12.2 Å². The fourth-order valence-electron chi connectivity index (χ4n) is 3.60. The van der Waals surface area contributed by atoms with Gasteiger partial charge in [-0.2, -0.15) is 0 Å². The summed E-state index contributed by atoms with van der Waals surface area (Å²) in [5.74, 6) is 0.664. The normalized spacial score (nSPS) is 22.1. The van der Waals surface area contributed by atoms with Gasteiger partial charge in [-0.05, 0) is 31.2 Å². The molecule has 25 heavy (non-hydrogen) atoms. The van der Waals surface area contributed by atoms with Crippen LogP contribution in [0.5, 0.6) is 0 Å². The summed E-state index contributed by atoms with van der Waals surface area (Å²) >= 11 is 5.92. The molecular formula is C20H19ClN2O2. The van der Waals surface area contributed by atoms with Gasteiger partial charge in [-0.1, -0.05) is 41.4 Å². The van der Waals surface area contributed by atoms with Crippen molar-refractivity contribution in [3.8, 4) is 0 Å². The molecule has 1 fully saturated rings. The first kappa shape index (κ1) is 16.2. The van der Waals surface area contributed by atoms with Gasteiger partial charge in [0.25, 0.3) is 0 Å². The maximum Gasteiger partial charge on any atom is 0.192 e. The Morgan fingerprint density at radius 1 is 1.16 bits per heavy atom. The number of carbonyl (C=O) groups is 1. The number of halogens is 1. The highest BCUT2D eigenvalue weighted by atomic mass is 35.5. The molecule has 0 aromatic heterocycles. The third-order valence-corrected chi connectivity index (χ3v) is 5.20. The van der Waals surface area contributed by atoms with Crippen molar-refractivity contribution in [3.63, 3.8) is 0 Å². The van der Waals surface area contributed by atoms with Crippen molar-refractivity contribution in [1.82, 2.24) is 10.2 Å². The average Bonchev–Trinajstić information content (AvgIpc) is 3.19. The van der Waals surface area contributed by atoms with Crippen LogP contribution in [0.25, 0.3) is 0 Å². The van der Waals surface area contributed by atoms with Crippen molar-refractivity contribution in [2.24, 2.45) is 0 Å². The lowest BCUT2D eigenvalue weighted by Gasteiger charge is -2.33. The van der Waals surface area contributed by atoms with Gasteiger partial charge in [-0.25, -0.2) is 0 Å². The number of hydrogen-bond acceptors (Lipinski definition) is 4. The summed E-state index contributed by atoms with van der Waals surface area (Å²) in [6.45, 7) is 3.39. The zero-order valence-corrected chi connectivity index (χ0v) is 14.7. The first-order valence-electron chi connectivity index (χ1n) is 8.33. The maximum absolute atomic E-state index is 13.0. The molecule has 2 heterocycles.